The summed E-state index contributed by atoms with van der Waals surface area (Å²) >= 11 is 0. The summed E-state index contributed by atoms with van der Waals surface area (Å²) in [5, 5.41) is 0. The zero-order valence-electron chi connectivity index (χ0n) is 10.9. The van der Waals surface area contributed by atoms with E-state index < -0.39 is 0 Å². The van der Waals surface area contributed by atoms with Gasteiger partial charge in [-0.2, -0.15) is 0 Å². The monoisotopic (exact) mass is 242 g/mol. The molecule has 0 radical (unpaired) electrons. The molecular weight excluding hydrogens is 228 g/mol. The molecule has 90 valence electrons. The standard InChI is InChI=1S/C19H14/c1-13-11-18-15-9-5-6-10-16(15)19(18)12-17(13)14-7-3-2-4-8-14/h2-12H,1H3. The molecule has 0 nitrogen and oxygen atoms in total. The van der Waals surface area contributed by atoms with E-state index in [9.17, 15) is 0 Å². The van der Waals surface area contributed by atoms with Crippen molar-refractivity contribution < 1.29 is 0 Å². The number of benzene rings is 3. The van der Waals surface area contributed by atoms with Crippen molar-refractivity contribution in [3.8, 4) is 33.4 Å². The van der Waals surface area contributed by atoms with E-state index in [0.717, 1.165) is 0 Å². The van der Waals surface area contributed by atoms with E-state index in [1.807, 2.05) is 0 Å². The van der Waals surface area contributed by atoms with E-state index in [-0.39, 0.29) is 0 Å². The SMILES string of the molecule is Cc1cc2c(cc1-c1ccccc1)-c1ccccc1-2. The molecule has 0 aliphatic heterocycles. The molecule has 0 saturated carbocycles. The molecule has 0 fully saturated rings. The zero-order valence-corrected chi connectivity index (χ0v) is 10.9. The lowest BCUT2D eigenvalue weighted by molar-refractivity contribution is 1.42. The Morgan fingerprint density at radius 3 is 1.79 bits per heavy atom. The fourth-order valence-corrected chi connectivity index (χ4v) is 2.97. The van der Waals surface area contributed by atoms with Crippen LogP contribution in [0.1, 0.15) is 5.56 Å². The molecule has 0 heterocycles. The minimum atomic E-state index is 1.30. The van der Waals surface area contributed by atoms with Crippen LogP contribution in [-0.2, 0) is 0 Å². The second-order valence-electron chi connectivity index (χ2n) is 5.12. The van der Waals surface area contributed by atoms with Gasteiger partial charge in [0.15, 0.2) is 0 Å². The van der Waals surface area contributed by atoms with Gasteiger partial charge in [0.05, 0.1) is 0 Å². The van der Waals surface area contributed by atoms with E-state index in [1.165, 1.54) is 38.9 Å². The van der Waals surface area contributed by atoms with Crippen LogP contribution >= 0.6 is 0 Å². The van der Waals surface area contributed by atoms with Gasteiger partial charge >= 0.3 is 0 Å². The second-order valence-corrected chi connectivity index (χ2v) is 5.12. The third-order valence-electron chi connectivity index (χ3n) is 3.96. The lowest BCUT2D eigenvalue weighted by atomic mass is 9.78. The molecule has 0 aromatic heterocycles. The second kappa shape index (κ2) is 3.83. The van der Waals surface area contributed by atoms with Crippen molar-refractivity contribution in [3.63, 3.8) is 0 Å². The summed E-state index contributed by atoms with van der Waals surface area (Å²) in [4.78, 5) is 0. The van der Waals surface area contributed by atoms with Gasteiger partial charge < -0.3 is 0 Å². The van der Waals surface area contributed by atoms with Gasteiger partial charge in [0.1, 0.15) is 0 Å². The molecule has 1 aliphatic rings. The molecule has 0 spiro atoms. The van der Waals surface area contributed by atoms with Crippen LogP contribution in [0.5, 0.6) is 0 Å². The summed E-state index contributed by atoms with van der Waals surface area (Å²) in [6.45, 7) is 2.20. The first-order chi connectivity index (χ1) is 9.34. The molecule has 0 unspecified atom stereocenters. The molecule has 0 atom stereocenters. The fourth-order valence-electron chi connectivity index (χ4n) is 2.97. The first-order valence-electron chi connectivity index (χ1n) is 6.64. The Kier molecular flexibility index (Phi) is 2.13. The Morgan fingerprint density at radius 2 is 1.11 bits per heavy atom. The van der Waals surface area contributed by atoms with Gasteiger partial charge in [0.25, 0.3) is 0 Å². The molecule has 0 heteroatoms. The highest BCUT2D eigenvalue weighted by Crippen LogP contribution is 2.49. The number of rotatable bonds is 1. The molecule has 4 rings (SSSR count). The minimum absolute atomic E-state index is 1.30. The predicted octanol–water partition coefficient (Wildman–Crippen LogP) is 5.31. The fraction of sp³-hybridized carbons (Fsp3) is 0.0526. The highest BCUT2D eigenvalue weighted by atomic mass is 14.3. The van der Waals surface area contributed by atoms with Crippen LogP contribution in [-0.4, -0.2) is 0 Å². The number of fused-ring (bicyclic) bond motifs is 4. The summed E-state index contributed by atoms with van der Waals surface area (Å²) in [6.07, 6.45) is 0. The van der Waals surface area contributed by atoms with E-state index >= 15 is 0 Å². The van der Waals surface area contributed by atoms with E-state index in [1.54, 1.807) is 0 Å². The normalized spacial score (nSPS) is 11.4. The summed E-state index contributed by atoms with van der Waals surface area (Å²) in [6, 6.07) is 23.9. The maximum absolute atomic E-state index is 2.34. The number of hydrogen-bond acceptors (Lipinski definition) is 0. The Labute approximate surface area is 113 Å². The van der Waals surface area contributed by atoms with Crippen molar-refractivity contribution in [2.24, 2.45) is 0 Å². The predicted molar refractivity (Wildman–Crippen MR) is 81.0 cm³/mol. The molecule has 19 heavy (non-hydrogen) atoms. The minimum Gasteiger partial charge on any atom is -0.0622 e. The van der Waals surface area contributed by atoms with Crippen molar-refractivity contribution in [2.45, 2.75) is 6.92 Å². The Balaban J connectivity index is 1.92. The van der Waals surface area contributed by atoms with Crippen LogP contribution in [0.4, 0.5) is 0 Å². The maximum atomic E-state index is 2.34. The third-order valence-corrected chi connectivity index (χ3v) is 3.96. The van der Waals surface area contributed by atoms with Crippen LogP contribution in [0.25, 0.3) is 33.4 Å². The van der Waals surface area contributed by atoms with Gasteiger partial charge in [-0.15, -0.1) is 0 Å². The van der Waals surface area contributed by atoms with Crippen molar-refractivity contribution in [3.05, 3.63) is 72.3 Å². The molecule has 0 amide bonds. The Hall–Kier alpha value is -2.34. The largest absolute Gasteiger partial charge is 0.0622 e. The first kappa shape index (κ1) is 10.6. The number of hydrogen-bond donors (Lipinski definition) is 0. The smallest absolute Gasteiger partial charge is 0.00926 e. The van der Waals surface area contributed by atoms with Crippen molar-refractivity contribution in [1.29, 1.82) is 0 Å². The quantitative estimate of drug-likeness (QED) is 0.424. The molecule has 0 N–H and O–H groups in total. The molecule has 0 saturated heterocycles. The highest BCUT2D eigenvalue weighted by molar-refractivity contribution is 6.04. The van der Waals surface area contributed by atoms with E-state index in [4.69, 9.17) is 0 Å². The van der Waals surface area contributed by atoms with Crippen molar-refractivity contribution >= 4 is 0 Å². The van der Waals surface area contributed by atoms with Gasteiger partial charge in [-0.05, 0) is 51.9 Å². The molecule has 3 aromatic rings. The molecule has 3 aromatic carbocycles. The average molecular weight is 242 g/mol. The van der Waals surface area contributed by atoms with Crippen molar-refractivity contribution in [2.75, 3.05) is 0 Å². The highest BCUT2D eigenvalue weighted by Gasteiger charge is 2.22. The van der Waals surface area contributed by atoms with E-state index in [0.29, 0.717) is 0 Å². The zero-order chi connectivity index (χ0) is 12.8. The van der Waals surface area contributed by atoms with Crippen LogP contribution in [0.15, 0.2) is 66.7 Å². The topological polar surface area (TPSA) is 0 Å². The maximum Gasteiger partial charge on any atom is -0.00926 e. The van der Waals surface area contributed by atoms with Crippen LogP contribution in [0.3, 0.4) is 0 Å². The third kappa shape index (κ3) is 1.47. The lowest BCUT2D eigenvalue weighted by Gasteiger charge is -2.25. The Morgan fingerprint density at radius 1 is 0.526 bits per heavy atom. The summed E-state index contributed by atoms with van der Waals surface area (Å²) in [5.41, 5.74) is 9.54. The van der Waals surface area contributed by atoms with Gasteiger partial charge in [0, 0.05) is 0 Å². The number of aryl methyl sites for hydroxylation is 1. The van der Waals surface area contributed by atoms with Crippen LogP contribution in [0.2, 0.25) is 0 Å². The average Bonchev–Trinajstić information content (AvgIpc) is 2.46. The van der Waals surface area contributed by atoms with Crippen molar-refractivity contribution in [1.82, 2.24) is 0 Å². The summed E-state index contributed by atoms with van der Waals surface area (Å²) < 4.78 is 0. The summed E-state index contributed by atoms with van der Waals surface area (Å²) in [7, 11) is 0. The lowest BCUT2D eigenvalue weighted by Crippen LogP contribution is -2.00. The molecule has 0 bridgehead atoms. The first-order valence-corrected chi connectivity index (χ1v) is 6.64. The van der Waals surface area contributed by atoms with Crippen LogP contribution in [0, 0.1) is 6.92 Å². The Bertz CT molecular complexity index is 767. The summed E-state index contributed by atoms with van der Waals surface area (Å²) in [5.74, 6) is 0. The van der Waals surface area contributed by atoms with E-state index in [2.05, 4.69) is 73.7 Å². The molecular formula is C19H14. The van der Waals surface area contributed by atoms with Gasteiger partial charge in [0.2, 0.25) is 0 Å². The van der Waals surface area contributed by atoms with Crippen LogP contribution < -0.4 is 0 Å². The van der Waals surface area contributed by atoms with Gasteiger partial charge in [-0.1, -0.05) is 60.7 Å². The molecule has 1 aliphatic carbocycles. The van der Waals surface area contributed by atoms with Gasteiger partial charge in [-0.25, -0.2) is 0 Å². The van der Waals surface area contributed by atoms with Gasteiger partial charge in [-0.3, -0.25) is 0 Å².